The quantitative estimate of drug-likeness (QED) is 0.720. The molecule has 0 fully saturated rings. The van der Waals surface area contributed by atoms with Crippen LogP contribution in [0.2, 0.25) is 0 Å². The molecule has 0 unspecified atom stereocenters. The van der Waals surface area contributed by atoms with Gasteiger partial charge in [-0.2, -0.15) is 0 Å². The highest BCUT2D eigenvalue weighted by Crippen LogP contribution is 2.34. The minimum atomic E-state index is -1.03. The van der Waals surface area contributed by atoms with Gasteiger partial charge >= 0.3 is 0 Å². The number of hydrogen-bond acceptors (Lipinski definition) is 3. The molecule has 3 heterocycles. The Balaban J connectivity index is 1.79. The molecule has 0 saturated carbocycles. The van der Waals surface area contributed by atoms with Crippen molar-refractivity contribution in [1.29, 1.82) is 0 Å². The van der Waals surface area contributed by atoms with E-state index in [9.17, 15) is 18.0 Å². The van der Waals surface area contributed by atoms with Crippen molar-refractivity contribution >= 4 is 5.91 Å². The van der Waals surface area contributed by atoms with E-state index in [1.165, 1.54) is 6.07 Å². The lowest BCUT2D eigenvalue weighted by atomic mass is 9.92. The summed E-state index contributed by atoms with van der Waals surface area (Å²) >= 11 is 0. The van der Waals surface area contributed by atoms with Crippen LogP contribution in [0.4, 0.5) is 13.2 Å². The molecule has 146 valence electrons. The first kappa shape index (κ1) is 18.3. The molecule has 6 nitrogen and oxygen atoms in total. The molecule has 1 aromatic carbocycles. The lowest BCUT2D eigenvalue weighted by Gasteiger charge is -2.31. The van der Waals surface area contributed by atoms with Gasteiger partial charge in [-0.05, 0) is 23.6 Å². The van der Waals surface area contributed by atoms with Gasteiger partial charge in [-0.3, -0.25) is 14.4 Å². The molecule has 0 aliphatic carbocycles. The molecule has 1 aliphatic heterocycles. The number of nitrogens with two attached hydrogens (primary N) is 1. The summed E-state index contributed by atoms with van der Waals surface area (Å²) in [6, 6.07) is 2.52. The van der Waals surface area contributed by atoms with Crippen LogP contribution in [-0.4, -0.2) is 32.1 Å². The largest absolute Gasteiger partial charge is 0.364 e. The maximum absolute atomic E-state index is 14.4. The second kappa shape index (κ2) is 6.83. The number of carbonyl (C=O) groups excluding carboxylic acids is 1. The monoisotopic (exact) mass is 389 g/mol. The minimum Gasteiger partial charge on any atom is -0.364 e. The first-order valence-electron chi connectivity index (χ1n) is 8.72. The summed E-state index contributed by atoms with van der Waals surface area (Å²) in [6.07, 6.45) is 2.37. The zero-order chi connectivity index (χ0) is 20.0. The third kappa shape index (κ3) is 3.18. The predicted octanol–water partition coefficient (Wildman–Crippen LogP) is 2.49. The first-order valence-corrected chi connectivity index (χ1v) is 8.72. The van der Waals surface area contributed by atoms with E-state index in [4.69, 9.17) is 5.73 Å². The number of H-pyrrole nitrogens is 1. The van der Waals surface area contributed by atoms with E-state index < -0.39 is 23.4 Å². The lowest BCUT2D eigenvalue weighted by molar-refractivity contribution is 0.0994. The molecule has 0 spiro atoms. The molecule has 9 heteroatoms. The Morgan fingerprint density at radius 1 is 1.25 bits per heavy atom. The van der Waals surface area contributed by atoms with Crippen LogP contribution in [-0.2, 0) is 26.6 Å². The molecule has 0 saturated heterocycles. The van der Waals surface area contributed by atoms with Crippen molar-refractivity contribution in [2.75, 3.05) is 6.54 Å². The molecule has 0 bridgehead atoms. The molecule has 2 aromatic heterocycles. The van der Waals surface area contributed by atoms with Crippen LogP contribution in [0.1, 0.15) is 27.4 Å². The van der Waals surface area contributed by atoms with Crippen molar-refractivity contribution in [3.8, 4) is 11.1 Å². The molecule has 3 N–H and O–H groups in total. The number of aromatic nitrogens is 3. The first-order chi connectivity index (χ1) is 13.3. The number of carbonyl (C=O) groups is 1. The zero-order valence-corrected chi connectivity index (χ0v) is 15.1. The summed E-state index contributed by atoms with van der Waals surface area (Å²) in [5, 5.41) is 2.99. The molecular formula is C19H18F3N5O. The number of halogens is 3. The van der Waals surface area contributed by atoms with Gasteiger partial charge in [0.1, 0.15) is 23.1 Å². The number of fused-ring (bicyclic) bond motifs is 1. The van der Waals surface area contributed by atoms with E-state index in [-0.39, 0.29) is 16.8 Å². The number of amides is 1. The highest BCUT2D eigenvalue weighted by molar-refractivity contribution is 5.92. The van der Waals surface area contributed by atoms with Crippen LogP contribution >= 0.6 is 0 Å². The summed E-state index contributed by atoms with van der Waals surface area (Å²) in [6.45, 7) is 1.71. The Morgan fingerprint density at radius 3 is 2.54 bits per heavy atom. The molecule has 3 aromatic rings. The fraction of sp³-hybridized carbons (Fsp3) is 0.263. The van der Waals surface area contributed by atoms with Crippen molar-refractivity contribution in [3.63, 3.8) is 0 Å². The normalized spacial score (nSPS) is 14.3. The number of nitrogens with zero attached hydrogens (tertiary/aromatic N) is 3. The van der Waals surface area contributed by atoms with Gasteiger partial charge in [-0.25, -0.2) is 18.2 Å². The Bertz CT molecular complexity index is 1050. The number of primary amides is 1. The second-order valence-corrected chi connectivity index (χ2v) is 6.87. The Hall–Kier alpha value is -3.07. The van der Waals surface area contributed by atoms with Gasteiger partial charge in [0.15, 0.2) is 0 Å². The molecule has 28 heavy (non-hydrogen) atoms. The van der Waals surface area contributed by atoms with Crippen LogP contribution in [0, 0.1) is 17.5 Å². The Kier molecular flexibility index (Phi) is 4.46. The number of benzene rings is 1. The number of rotatable bonds is 4. The van der Waals surface area contributed by atoms with E-state index in [0.29, 0.717) is 49.4 Å². The smallest absolute Gasteiger partial charge is 0.267 e. The van der Waals surface area contributed by atoms with Crippen molar-refractivity contribution < 1.29 is 18.0 Å². The van der Waals surface area contributed by atoms with Gasteiger partial charge in [0, 0.05) is 45.0 Å². The third-order valence-electron chi connectivity index (χ3n) is 5.03. The van der Waals surface area contributed by atoms with Crippen LogP contribution in [0.5, 0.6) is 0 Å². The van der Waals surface area contributed by atoms with Crippen LogP contribution < -0.4 is 5.73 Å². The van der Waals surface area contributed by atoms with Crippen molar-refractivity contribution in [3.05, 3.63) is 64.5 Å². The maximum atomic E-state index is 14.4. The number of aryl methyl sites for hydroxylation is 1. The summed E-state index contributed by atoms with van der Waals surface area (Å²) in [4.78, 5) is 18.2. The van der Waals surface area contributed by atoms with Crippen molar-refractivity contribution in [2.24, 2.45) is 12.8 Å². The van der Waals surface area contributed by atoms with E-state index in [1.54, 1.807) is 0 Å². The van der Waals surface area contributed by atoms with Gasteiger partial charge in [0.05, 0.1) is 17.0 Å². The summed E-state index contributed by atoms with van der Waals surface area (Å²) in [5.74, 6) is -3.86. The molecule has 1 amide bonds. The molecule has 1 aliphatic rings. The number of aromatic amines is 1. The van der Waals surface area contributed by atoms with Gasteiger partial charge in [-0.15, -0.1) is 0 Å². The number of pyridine rings is 1. The summed E-state index contributed by atoms with van der Waals surface area (Å²) in [5.41, 5.74) is 7.37. The van der Waals surface area contributed by atoms with E-state index in [0.717, 1.165) is 5.69 Å². The van der Waals surface area contributed by atoms with Crippen LogP contribution in [0.15, 0.2) is 24.4 Å². The third-order valence-corrected chi connectivity index (χ3v) is 5.03. The second-order valence-electron chi connectivity index (χ2n) is 6.87. The highest BCUT2D eigenvalue weighted by Gasteiger charge is 2.26. The topological polar surface area (TPSA) is 79.9 Å². The fourth-order valence-corrected chi connectivity index (χ4v) is 3.54. The lowest BCUT2D eigenvalue weighted by Crippen LogP contribution is -2.33. The van der Waals surface area contributed by atoms with Crippen molar-refractivity contribution in [2.45, 2.75) is 19.5 Å². The Labute approximate surface area is 158 Å². The molecular weight excluding hydrogens is 371 g/mol. The van der Waals surface area contributed by atoms with Gasteiger partial charge in [0.2, 0.25) is 0 Å². The summed E-state index contributed by atoms with van der Waals surface area (Å²) in [7, 11) is 1.90. The highest BCUT2D eigenvalue weighted by atomic mass is 19.1. The average Bonchev–Trinajstić information content (AvgIpc) is 2.63. The number of hydrogen-bond donors (Lipinski definition) is 2. The van der Waals surface area contributed by atoms with Crippen LogP contribution in [0.25, 0.3) is 11.1 Å². The molecule has 4 rings (SSSR count). The maximum Gasteiger partial charge on any atom is 0.267 e. The summed E-state index contributed by atoms with van der Waals surface area (Å²) < 4.78 is 44.0. The van der Waals surface area contributed by atoms with Gasteiger partial charge in [0.25, 0.3) is 5.91 Å². The number of nitrogens with one attached hydrogen (secondary N) is 1. The Morgan fingerprint density at radius 2 is 1.96 bits per heavy atom. The van der Waals surface area contributed by atoms with E-state index >= 15 is 0 Å². The SMILES string of the molecule is Cn1[nH]cc1CN1CCc2c(-c3c(F)cc(F)cc3F)cc(C(N)=O)nc2C1. The molecule has 0 atom stereocenters. The van der Waals surface area contributed by atoms with E-state index in [1.807, 2.05) is 17.9 Å². The predicted molar refractivity (Wildman–Crippen MR) is 95.6 cm³/mol. The standard InChI is InChI=1S/C19H18F3N5O/c1-26-11(7-24-26)8-27-3-2-12-13(6-16(19(23)28)25-17(12)9-27)18-14(21)4-10(20)5-15(18)22/h4-7,24H,2-3,8-9H2,1H3,(H2,23,28). The van der Waals surface area contributed by atoms with Crippen LogP contribution in [0.3, 0.4) is 0 Å². The average molecular weight is 389 g/mol. The van der Waals surface area contributed by atoms with Gasteiger partial charge in [-0.1, -0.05) is 0 Å². The fourth-order valence-electron chi connectivity index (χ4n) is 3.54. The molecule has 0 radical (unpaired) electrons. The zero-order valence-electron chi connectivity index (χ0n) is 15.1. The van der Waals surface area contributed by atoms with E-state index in [2.05, 4.69) is 15.0 Å². The van der Waals surface area contributed by atoms with Crippen molar-refractivity contribution in [1.82, 2.24) is 19.7 Å². The minimum absolute atomic E-state index is 0.0830. The van der Waals surface area contributed by atoms with Gasteiger partial charge < -0.3 is 10.8 Å².